The molecule has 0 unspecified atom stereocenters. The Bertz CT molecular complexity index is 1770. The second-order valence-corrected chi connectivity index (χ2v) is 13.7. The highest BCUT2D eigenvalue weighted by Crippen LogP contribution is 2.39. The number of phenols is 1. The summed E-state index contributed by atoms with van der Waals surface area (Å²) >= 11 is 0. The van der Waals surface area contributed by atoms with Gasteiger partial charge in [0.25, 0.3) is 0 Å². The zero-order chi connectivity index (χ0) is 37.6. The number of phenolic OH excluding ortho intramolecular Hbond substituents is 1. The molecule has 53 heavy (non-hydrogen) atoms. The smallest absolute Gasteiger partial charge is 0.243 e. The Hall–Kier alpha value is -4.62. The molecule has 0 bridgehead atoms. The molecule has 4 aromatic rings. The second kappa shape index (κ2) is 20.0. The molecule has 11 heteroatoms. The highest BCUT2D eigenvalue weighted by atomic mass is 16.7. The Morgan fingerprint density at radius 1 is 0.811 bits per heavy atom. The molecule has 1 heterocycles. The Kier molecular flexibility index (Phi) is 14.9. The lowest BCUT2D eigenvalue weighted by molar-refractivity contribution is -0.252. The predicted octanol–water partition coefficient (Wildman–Crippen LogP) is 6.22. The number of hydrogen-bond donors (Lipinski definition) is 6. The summed E-state index contributed by atoms with van der Waals surface area (Å²) < 4.78 is 13.2. The van der Waals surface area contributed by atoms with Crippen molar-refractivity contribution < 1.29 is 39.6 Å². The van der Waals surface area contributed by atoms with E-state index in [1.165, 1.54) is 0 Å². The molecule has 1 saturated heterocycles. The van der Waals surface area contributed by atoms with Crippen molar-refractivity contribution in [2.45, 2.75) is 82.7 Å². The number of nitrogens with one attached hydrogen (secondary N) is 2. The van der Waals surface area contributed by atoms with Gasteiger partial charge < -0.3 is 35.0 Å². The molecule has 4 atom stereocenters. The summed E-state index contributed by atoms with van der Waals surface area (Å²) in [6.45, 7) is 1.26. The van der Waals surface area contributed by atoms with Gasteiger partial charge in [-0.15, -0.1) is 0 Å². The van der Waals surface area contributed by atoms with Crippen molar-refractivity contribution in [2.75, 3.05) is 20.1 Å². The van der Waals surface area contributed by atoms with E-state index in [1.54, 1.807) is 29.7 Å². The maximum absolute atomic E-state index is 12.5. The molecule has 0 radical (unpaired) electrons. The van der Waals surface area contributed by atoms with Crippen LogP contribution in [0.5, 0.6) is 5.75 Å². The maximum Gasteiger partial charge on any atom is 0.243 e. The van der Waals surface area contributed by atoms with Gasteiger partial charge in [-0.1, -0.05) is 85.6 Å². The predicted molar refractivity (Wildman–Crippen MR) is 200 cm³/mol. The number of ether oxygens (including phenoxy) is 2. The molecule has 4 aromatic carbocycles. The SMILES string of the molecule is CN(C[C@@H]1C[C@H](c2ccc(CO)cc2)O[C@H](c2cccc(-c3cccc(CNC(=O)CCCCCCC(=O)NO)c3)c2)O1)C[C@@H](O)c1cccc(O)c1. The summed E-state index contributed by atoms with van der Waals surface area (Å²) in [5.41, 5.74) is 7.90. The van der Waals surface area contributed by atoms with E-state index in [0.717, 1.165) is 52.6 Å². The van der Waals surface area contributed by atoms with E-state index in [4.69, 9.17) is 14.7 Å². The standard InChI is InChI=1S/C42H51N3O8/c1-45(27-38(48)34-12-8-14-36(47)23-34)26-37-24-39(31-19-17-29(28-46)18-20-31)53-42(52-37)35-13-7-11-33(22-35)32-10-6-9-30(21-32)25-43-40(49)15-4-2-3-5-16-41(50)44-51/h6-14,17-23,37-39,42,46-48,51H,2-5,15-16,24-28H2,1H3,(H,43,49)(H,44,50)/t37-,38+,39+,42+/m0/s1. The van der Waals surface area contributed by atoms with Gasteiger partial charge >= 0.3 is 0 Å². The fourth-order valence-corrected chi connectivity index (χ4v) is 6.58. The molecule has 6 N–H and O–H groups in total. The number of unbranched alkanes of at least 4 members (excludes halogenated alkanes) is 3. The third-order valence-electron chi connectivity index (χ3n) is 9.46. The first-order valence-corrected chi connectivity index (χ1v) is 18.3. The lowest BCUT2D eigenvalue weighted by Gasteiger charge is -2.38. The van der Waals surface area contributed by atoms with E-state index >= 15 is 0 Å². The van der Waals surface area contributed by atoms with Crippen LogP contribution in [0.4, 0.5) is 0 Å². The summed E-state index contributed by atoms with van der Waals surface area (Å²) in [5, 5.41) is 41.9. The quantitative estimate of drug-likeness (QED) is 0.0397. The molecule has 0 aromatic heterocycles. The summed E-state index contributed by atoms with van der Waals surface area (Å²) in [7, 11) is 1.94. The van der Waals surface area contributed by atoms with Gasteiger partial charge in [0, 0.05) is 44.5 Å². The molecule has 5 rings (SSSR count). The number of likely N-dealkylation sites (N-methyl/N-ethyl adjacent to an activating group) is 1. The van der Waals surface area contributed by atoms with Gasteiger partial charge in [-0.3, -0.25) is 14.8 Å². The number of amides is 2. The number of rotatable bonds is 18. The molecule has 1 fully saturated rings. The Labute approximate surface area is 311 Å². The number of hydroxylamine groups is 1. The van der Waals surface area contributed by atoms with Crippen molar-refractivity contribution in [3.63, 3.8) is 0 Å². The van der Waals surface area contributed by atoms with Crippen LogP contribution >= 0.6 is 0 Å². The van der Waals surface area contributed by atoms with Crippen LogP contribution in [0.15, 0.2) is 97.1 Å². The van der Waals surface area contributed by atoms with Crippen molar-refractivity contribution in [2.24, 2.45) is 0 Å². The van der Waals surface area contributed by atoms with Crippen LogP contribution in [0.1, 0.15) is 91.3 Å². The lowest BCUT2D eigenvalue weighted by atomic mass is 9.98. The van der Waals surface area contributed by atoms with E-state index in [1.807, 2.05) is 72.6 Å². The Morgan fingerprint density at radius 3 is 2.23 bits per heavy atom. The van der Waals surface area contributed by atoms with Crippen molar-refractivity contribution in [3.05, 3.63) is 125 Å². The van der Waals surface area contributed by atoms with E-state index in [9.17, 15) is 24.9 Å². The van der Waals surface area contributed by atoms with E-state index < -0.39 is 18.3 Å². The third kappa shape index (κ3) is 12.2. The first-order chi connectivity index (χ1) is 25.7. The van der Waals surface area contributed by atoms with Crippen LogP contribution in [-0.2, 0) is 32.2 Å². The van der Waals surface area contributed by atoms with Crippen LogP contribution < -0.4 is 10.8 Å². The third-order valence-corrected chi connectivity index (χ3v) is 9.46. The molecule has 1 aliphatic rings. The summed E-state index contributed by atoms with van der Waals surface area (Å²) in [6, 6.07) is 30.5. The topological polar surface area (TPSA) is 161 Å². The van der Waals surface area contributed by atoms with Crippen molar-refractivity contribution >= 4 is 11.8 Å². The Balaban J connectivity index is 1.23. The van der Waals surface area contributed by atoms with Gasteiger partial charge in [-0.05, 0) is 77.5 Å². The van der Waals surface area contributed by atoms with Crippen LogP contribution in [0, 0.1) is 0 Å². The minimum Gasteiger partial charge on any atom is -0.508 e. The number of benzene rings is 4. The number of carbonyl (C=O) groups is 2. The van der Waals surface area contributed by atoms with Crippen molar-refractivity contribution in [1.29, 1.82) is 0 Å². The van der Waals surface area contributed by atoms with Crippen LogP contribution in [0.2, 0.25) is 0 Å². The van der Waals surface area contributed by atoms with Gasteiger partial charge in [-0.25, -0.2) is 5.48 Å². The summed E-state index contributed by atoms with van der Waals surface area (Å²) in [4.78, 5) is 25.6. The van der Waals surface area contributed by atoms with Gasteiger partial charge in [0.2, 0.25) is 11.8 Å². The molecule has 1 aliphatic heterocycles. The summed E-state index contributed by atoms with van der Waals surface area (Å²) in [5.74, 6) is -0.303. The van der Waals surface area contributed by atoms with Gasteiger partial charge in [-0.2, -0.15) is 0 Å². The van der Waals surface area contributed by atoms with E-state index in [-0.39, 0.29) is 36.9 Å². The molecular formula is C42H51N3O8. The second-order valence-electron chi connectivity index (χ2n) is 13.7. The molecule has 0 saturated carbocycles. The summed E-state index contributed by atoms with van der Waals surface area (Å²) in [6.07, 6.45) is 2.42. The highest BCUT2D eigenvalue weighted by Gasteiger charge is 2.33. The monoisotopic (exact) mass is 725 g/mol. The number of nitrogens with zero attached hydrogens (tertiary/aromatic N) is 1. The average Bonchev–Trinajstić information content (AvgIpc) is 3.18. The largest absolute Gasteiger partial charge is 0.508 e. The van der Waals surface area contributed by atoms with E-state index in [2.05, 4.69) is 17.4 Å². The molecule has 282 valence electrons. The number of aliphatic hydroxyl groups is 2. The number of aliphatic hydroxyl groups excluding tert-OH is 2. The fraction of sp³-hybridized carbons (Fsp3) is 0.381. The highest BCUT2D eigenvalue weighted by molar-refractivity contribution is 5.76. The normalized spacial score (nSPS) is 17.7. The molecule has 11 nitrogen and oxygen atoms in total. The number of carbonyl (C=O) groups excluding carboxylic acids is 2. The van der Waals surface area contributed by atoms with Crippen molar-refractivity contribution in [1.82, 2.24) is 15.7 Å². The van der Waals surface area contributed by atoms with Crippen LogP contribution in [0.25, 0.3) is 11.1 Å². The Morgan fingerprint density at radius 2 is 1.51 bits per heavy atom. The minimum atomic E-state index is -0.782. The average molecular weight is 726 g/mol. The molecular weight excluding hydrogens is 674 g/mol. The van der Waals surface area contributed by atoms with Gasteiger partial charge in [0.1, 0.15) is 5.75 Å². The lowest BCUT2D eigenvalue weighted by Crippen LogP contribution is -2.39. The van der Waals surface area contributed by atoms with Gasteiger partial charge in [0.15, 0.2) is 6.29 Å². The zero-order valence-corrected chi connectivity index (χ0v) is 30.2. The number of hydrogen-bond acceptors (Lipinski definition) is 9. The minimum absolute atomic E-state index is 0.0216. The molecule has 0 aliphatic carbocycles. The van der Waals surface area contributed by atoms with Crippen molar-refractivity contribution in [3.8, 4) is 16.9 Å². The molecule has 0 spiro atoms. The van der Waals surface area contributed by atoms with Crippen LogP contribution in [0.3, 0.4) is 0 Å². The zero-order valence-electron chi connectivity index (χ0n) is 30.2. The van der Waals surface area contributed by atoms with E-state index in [0.29, 0.717) is 44.5 Å². The van der Waals surface area contributed by atoms with Crippen LogP contribution in [-0.4, -0.2) is 63.5 Å². The first kappa shape index (κ1) is 39.6. The number of aromatic hydroxyl groups is 1. The van der Waals surface area contributed by atoms with Gasteiger partial charge in [0.05, 0.1) is 24.9 Å². The maximum atomic E-state index is 12.5. The molecule has 2 amide bonds. The fourth-order valence-electron chi connectivity index (χ4n) is 6.58. The first-order valence-electron chi connectivity index (χ1n) is 18.3.